The van der Waals surface area contributed by atoms with Gasteiger partial charge >= 0.3 is 82.9 Å². The normalized spacial score (nSPS) is 12.8. The molecule has 12 heavy (non-hydrogen) atoms. The van der Waals surface area contributed by atoms with E-state index in [9.17, 15) is 0 Å². The molecule has 0 bridgehead atoms. The van der Waals surface area contributed by atoms with E-state index in [2.05, 4.69) is 53.3 Å². The monoisotopic (exact) mass is 228 g/mol. The quantitative estimate of drug-likeness (QED) is 0.694. The standard InChI is InChI=1S/C11H16Se/c1-10(12)6-5-9-11-7-3-2-4-8-11/h2-4,7-8,10,12H,5-6,9H2,1H3. The summed E-state index contributed by atoms with van der Waals surface area (Å²) in [4.78, 5) is 0.779. The van der Waals surface area contributed by atoms with Crippen molar-refractivity contribution in [3.8, 4) is 0 Å². The zero-order valence-electron chi connectivity index (χ0n) is 7.53. The number of aryl methyl sites for hydroxylation is 1. The van der Waals surface area contributed by atoms with Crippen LogP contribution in [0.3, 0.4) is 0 Å². The molecule has 1 atom stereocenters. The van der Waals surface area contributed by atoms with Crippen molar-refractivity contribution in [2.24, 2.45) is 0 Å². The Bertz CT molecular complexity index is 204. The van der Waals surface area contributed by atoms with E-state index in [1.54, 1.807) is 0 Å². The summed E-state index contributed by atoms with van der Waals surface area (Å²) in [6.45, 7) is 2.25. The molecule has 0 spiro atoms. The van der Waals surface area contributed by atoms with Gasteiger partial charge < -0.3 is 0 Å². The van der Waals surface area contributed by atoms with E-state index in [-0.39, 0.29) is 0 Å². The molecule has 1 unspecified atom stereocenters. The number of benzene rings is 1. The van der Waals surface area contributed by atoms with Gasteiger partial charge in [0.05, 0.1) is 0 Å². The van der Waals surface area contributed by atoms with Crippen molar-refractivity contribution < 1.29 is 0 Å². The van der Waals surface area contributed by atoms with Crippen molar-refractivity contribution in [1.29, 1.82) is 0 Å². The van der Waals surface area contributed by atoms with Gasteiger partial charge in [0.2, 0.25) is 0 Å². The van der Waals surface area contributed by atoms with Crippen molar-refractivity contribution in [2.75, 3.05) is 0 Å². The van der Waals surface area contributed by atoms with Gasteiger partial charge in [-0.15, -0.1) is 0 Å². The second kappa shape index (κ2) is 5.40. The molecule has 0 aromatic heterocycles. The molecular formula is C11H16Se. The Labute approximate surface area is 83.2 Å². The van der Waals surface area contributed by atoms with E-state index < -0.39 is 0 Å². The first-order valence-corrected chi connectivity index (χ1v) is 5.59. The van der Waals surface area contributed by atoms with Gasteiger partial charge in [0.25, 0.3) is 0 Å². The molecule has 0 amide bonds. The predicted octanol–water partition coefficient (Wildman–Crippen LogP) is 2.72. The molecule has 0 N–H and O–H groups in total. The van der Waals surface area contributed by atoms with E-state index in [1.807, 2.05) is 0 Å². The van der Waals surface area contributed by atoms with Gasteiger partial charge in [-0.25, -0.2) is 0 Å². The van der Waals surface area contributed by atoms with Crippen LogP contribution in [-0.4, -0.2) is 16.0 Å². The van der Waals surface area contributed by atoms with Crippen LogP contribution in [-0.2, 0) is 6.42 Å². The zero-order valence-corrected chi connectivity index (χ0v) is 9.41. The third kappa shape index (κ3) is 3.94. The van der Waals surface area contributed by atoms with Gasteiger partial charge in [0.1, 0.15) is 0 Å². The molecule has 0 aliphatic rings. The Morgan fingerprint density at radius 3 is 2.50 bits per heavy atom. The van der Waals surface area contributed by atoms with Crippen molar-refractivity contribution in [3.05, 3.63) is 35.9 Å². The average Bonchev–Trinajstić information content (AvgIpc) is 2.05. The van der Waals surface area contributed by atoms with E-state index in [4.69, 9.17) is 0 Å². The maximum absolute atomic E-state index is 2.70. The predicted molar refractivity (Wildman–Crippen MR) is 56.0 cm³/mol. The molecule has 1 aromatic rings. The minimum atomic E-state index is 0.779. The Hall–Kier alpha value is -0.261. The van der Waals surface area contributed by atoms with Gasteiger partial charge in [-0.2, -0.15) is 0 Å². The molecule has 1 rings (SSSR count). The molecule has 0 aliphatic carbocycles. The SMILES string of the molecule is CC([SeH])CCCc1ccccc1. The molecule has 66 valence electrons. The summed E-state index contributed by atoms with van der Waals surface area (Å²) < 4.78 is 0. The first kappa shape index (κ1) is 9.82. The summed E-state index contributed by atoms with van der Waals surface area (Å²) >= 11 is 2.70. The van der Waals surface area contributed by atoms with E-state index in [1.165, 1.54) is 24.8 Å². The molecule has 0 radical (unpaired) electrons. The molecule has 0 heterocycles. The molecular weight excluding hydrogens is 211 g/mol. The summed E-state index contributed by atoms with van der Waals surface area (Å²) in [6, 6.07) is 10.7. The fourth-order valence-electron chi connectivity index (χ4n) is 1.25. The van der Waals surface area contributed by atoms with Crippen molar-refractivity contribution in [3.63, 3.8) is 0 Å². The topological polar surface area (TPSA) is 0 Å². The first-order valence-electron chi connectivity index (χ1n) is 4.51. The fourth-order valence-corrected chi connectivity index (χ4v) is 1.63. The molecule has 0 saturated carbocycles. The van der Waals surface area contributed by atoms with E-state index in [0.29, 0.717) is 0 Å². The van der Waals surface area contributed by atoms with Gasteiger partial charge in [-0.05, 0) is 0 Å². The van der Waals surface area contributed by atoms with Gasteiger partial charge in [-0.3, -0.25) is 0 Å². The van der Waals surface area contributed by atoms with Crippen LogP contribution in [0.5, 0.6) is 0 Å². The third-order valence-corrected chi connectivity index (χ3v) is 2.47. The second-order valence-electron chi connectivity index (χ2n) is 3.23. The summed E-state index contributed by atoms with van der Waals surface area (Å²) in [7, 11) is 0. The van der Waals surface area contributed by atoms with Crippen LogP contribution in [0.1, 0.15) is 25.3 Å². The van der Waals surface area contributed by atoms with Gasteiger partial charge in [-0.1, -0.05) is 0 Å². The van der Waals surface area contributed by atoms with Crippen LogP contribution < -0.4 is 0 Å². The van der Waals surface area contributed by atoms with Crippen molar-refractivity contribution in [2.45, 2.75) is 31.0 Å². The summed E-state index contributed by atoms with van der Waals surface area (Å²) in [5.41, 5.74) is 1.46. The third-order valence-electron chi connectivity index (χ3n) is 1.93. The zero-order chi connectivity index (χ0) is 8.81. The first-order chi connectivity index (χ1) is 5.79. The van der Waals surface area contributed by atoms with Crippen LogP contribution in [0.25, 0.3) is 0 Å². The second-order valence-corrected chi connectivity index (χ2v) is 5.08. The Kier molecular flexibility index (Phi) is 4.42. The van der Waals surface area contributed by atoms with Crippen LogP contribution >= 0.6 is 0 Å². The van der Waals surface area contributed by atoms with E-state index >= 15 is 0 Å². The van der Waals surface area contributed by atoms with Crippen molar-refractivity contribution in [1.82, 2.24) is 0 Å². The van der Waals surface area contributed by atoms with E-state index in [0.717, 1.165) is 4.82 Å². The van der Waals surface area contributed by atoms with Crippen LogP contribution in [0.2, 0.25) is 4.82 Å². The summed E-state index contributed by atoms with van der Waals surface area (Å²) in [5.74, 6) is 0. The van der Waals surface area contributed by atoms with Gasteiger partial charge in [0, 0.05) is 0 Å². The Morgan fingerprint density at radius 1 is 1.25 bits per heavy atom. The molecule has 0 aliphatic heterocycles. The van der Waals surface area contributed by atoms with Crippen LogP contribution in [0, 0.1) is 0 Å². The molecule has 1 aromatic carbocycles. The Balaban J connectivity index is 2.25. The number of rotatable bonds is 4. The number of hydrogen-bond acceptors (Lipinski definition) is 0. The minimum absolute atomic E-state index is 0.779. The molecule has 1 heteroatoms. The van der Waals surface area contributed by atoms with Gasteiger partial charge in [0.15, 0.2) is 0 Å². The molecule has 0 fully saturated rings. The fraction of sp³-hybridized carbons (Fsp3) is 0.455. The average molecular weight is 227 g/mol. The Morgan fingerprint density at radius 2 is 1.92 bits per heavy atom. The molecule has 0 saturated heterocycles. The molecule has 0 nitrogen and oxygen atoms in total. The van der Waals surface area contributed by atoms with Crippen LogP contribution in [0.4, 0.5) is 0 Å². The number of hydrogen-bond donors (Lipinski definition) is 0. The maximum atomic E-state index is 2.70. The van der Waals surface area contributed by atoms with Crippen LogP contribution in [0.15, 0.2) is 30.3 Å². The summed E-state index contributed by atoms with van der Waals surface area (Å²) in [5, 5.41) is 0. The summed E-state index contributed by atoms with van der Waals surface area (Å²) in [6.07, 6.45) is 3.85. The van der Waals surface area contributed by atoms with Crippen molar-refractivity contribution >= 4 is 16.0 Å².